The maximum atomic E-state index is 11.5. The Morgan fingerprint density at radius 3 is 2.50 bits per heavy atom. The van der Waals surface area contributed by atoms with Crippen molar-refractivity contribution in [3.63, 3.8) is 0 Å². The third-order valence-corrected chi connectivity index (χ3v) is 2.15. The van der Waals surface area contributed by atoms with E-state index in [2.05, 4.69) is 4.98 Å². The number of aromatic nitrogens is 1. The van der Waals surface area contributed by atoms with Crippen LogP contribution in [0.3, 0.4) is 0 Å². The minimum absolute atomic E-state index is 0.0386. The van der Waals surface area contributed by atoms with Crippen molar-refractivity contribution in [1.29, 1.82) is 0 Å². The molecule has 0 aromatic carbocycles. The van der Waals surface area contributed by atoms with Crippen LogP contribution < -0.4 is 0 Å². The summed E-state index contributed by atoms with van der Waals surface area (Å²) in [4.78, 5) is 27.2. The highest BCUT2D eigenvalue weighted by Crippen LogP contribution is 2.03. The summed E-state index contributed by atoms with van der Waals surface area (Å²) in [6.07, 6.45) is 3.23. The van der Waals surface area contributed by atoms with Crippen molar-refractivity contribution in [2.45, 2.75) is 19.4 Å². The Hall–Kier alpha value is -1.91. The lowest BCUT2D eigenvalue weighted by molar-refractivity contribution is -0.140. The Kier molecular flexibility index (Phi) is 4.44. The number of carboxylic acid groups (broad SMARTS) is 1. The van der Waals surface area contributed by atoms with Gasteiger partial charge in [-0.15, -0.1) is 0 Å². The molecule has 0 bridgehead atoms. The Morgan fingerprint density at radius 1 is 1.31 bits per heavy atom. The second kappa shape index (κ2) is 5.85. The van der Waals surface area contributed by atoms with E-state index in [1.165, 1.54) is 4.90 Å². The Morgan fingerprint density at radius 2 is 1.94 bits per heavy atom. The molecule has 1 aromatic rings. The zero-order valence-electron chi connectivity index (χ0n) is 9.09. The van der Waals surface area contributed by atoms with E-state index >= 15 is 0 Å². The predicted octanol–water partition coefficient (Wildman–Crippen LogP) is 0.905. The van der Waals surface area contributed by atoms with Gasteiger partial charge < -0.3 is 10.0 Å². The van der Waals surface area contributed by atoms with Crippen molar-refractivity contribution in [1.82, 2.24) is 9.88 Å². The lowest BCUT2D eigenvalue weighted by Crippen LogP contribution is -2.26. The summed E-state index contributed by atoms with van der Waals surface area (Å²) < 4.78 is 0. The molecule has 0 aliphatic rings. The van der Waals surface area contributed by atoms with Gasteiger partial charge >= 0.3 is 5.97 Å². The molecule has 16 heavy (non-hydrogen) atoms. The van der Waals surface area contributed by atoms with Crippen molar-refractivity contribution in [3.8, 4) is 0 Å². The number of carbonyl (C=O) groups is 2. The van der Waals surface area contributed by atoms with E-state index in [9.17, 15) is 9.59 Å². The number of nitrogens with zero attached hydrogens (tertiary/aromatic N) is 2. The van der Waals surface area contributed by atoms with Crippen LogP contribution in [0.4, 0.5) is 0 Å². The molecule has 0 atom stereocenters. The summed E-state index contributed by atoms with van der Waals surface area (Å²) in [5.74, 6) is -1.12. The fraction of sp³-hybridized carbons (Fsp3) is 0.364. The van der Waals surface area contributed by atoms with Gasteiger partial charge in [0.05, 0.1) is 6.42 Å². The Balaban J connectivity index is 2.43. The number of hydrogen-bond donors (Lipinski definition) is 1. The average molecular weight is 222 g/mol. The van der Waals surface area contributed by atoms with Crippen LogP contribution in [0.1, 0.15) is 18.4 Å². The molecular weight excluding hydrogens is 208 g/mol. The molecule has 0 radical (unpaired) electrons. The maximum absolute atomic E-state index is 11.5. The number of aliphatic carboxylic acids is 1. The van der Waals surface area contributed by atoms with Gasteiger partial charge in [0, 0.05) is 32.4 Å². The van der Waals surface area contributed by atoms with Gasteiger partial charge in [-0.25, -0.2) is 0 Å². The zero-order chi connectivity index (χ0) is 12.0. The fourth-order valence-electron chi connectivity index (χ4n) is 1.25. The van der Waals surface area contributed by atoms with Crippen molar-refractivity contribution in [2.24, 2.45) is 0 Å². The topological polar surface area (TPSA) is 70.5 Å². The van der Waals surface area contributed by atoms with Crippen LogP contribution >= 0.6 is 0 Å². The van der Waals surface area contributed by atoms with Crippen LogP contribution in [-0.4, -0.2) is 33.9 Å². The monoisotopic (exact) mass is 222 g/mol. The van der Waals surface area contributed by atoms with Crippen molar-refractivity contribution in [3.05, 3.63) is 30.1 Å². The van der Waals surface area contributed by atoms with Gasteiger partial charge in [-0.3, -0.25) is 14.6 Å². The SMILES string of the molecule is CN(Cc1ccncc1)C(=O)CCC(=O)O. The molecule has 0 aliphatic carbocycles. The van der Waals surface area contributed by atoms with E-state index in [0.29, 0.717) is 6.54 Å². The molecule has 5 nitrogen and oxygen atoms in total. The largest absolute Gasteiger partial charge is 0.481 e. The number of hydrogen-bond acceptors (Lipinski definition) is 3. The zero-order valence-corrected chi connectivity index (χ0v) is 9.09. The summed E-state index contributed by atoms with van der Waals surface area (Å²) in [7, 11) is 1.66. The molecule has 0 saturated carbocycles. The smallest absolute Gasteiger partial charge is 0.303 e. The predicted molar refractivity (Wildman–Crippen MR) is 57.6 cm³/mol. The maximum Gasteiger partial charge on any atom is 0.303 e. The highest BCUT2D eigenvalue weighted by Gasteiger charge is 2.10. The molecule has 0 spiro atoms. The van der Waals surface area contributed by atoms with Gasteiger partial charge in [0.2, 0.25) is 5.91 Å². The first-order valence-electron chi connectivity index (χ1n) is 4.94. The highest BCUT2D eigenvalue weighted by atomic mass is 16.4. The molecule has 5 heteroatoms. The minimum atomic E-state index is -0.953. The molecule has 1 amide bonds. The first kappa shape index (κ1) is 12.2. The third-order valence-electron chi connectivity index (χ3n) is 2.15. The van der Waals surface area contributed by atoms with Crippen LogP contribution in [0.15, 0.2) is 24.5 Å². The number of rotatable bonds is 5. The quantitative estimate of drug-likeness (QED) is 0.803. The molecule has 1 N–H and O–H groups in total. The van der Waals surface area contributed by atoms with E-state index < -0.39 is 5.97 Å². The first-order valence-corrected chi connectivity index (χ1v) is 4.94. The molecule has 1 aromatic heterocycles. The second-order valence-electron chi connectivity index (χ2n) is 3.50. The number of amides is 1. The lowest BCUT2D eigenvalue weighted by atomic mass is 10.2. The average Bonchev–Trinajstić information content (AvgIpc) is 2.27. The highest BCUT2D eigenvalue weighted by molar-refractivity contribution is 5.80. The summed E-state index contributed by atoms with van der Waals surface area (Å²) in [6.45, 7) is 0.473. The Labute approximate surface area is 93.7 Å². The molecular formula is C11H14N2O3. The molecule has 0 unspecified atom stereocenters. The van der Waals surface area contributed by atoms with Crippen molar-refractivity contribution < 1.29 is 14.7 Å². The van der Waals surface area contributed by atoms with Crippen LogP contribution in [0.5, 0.6) is 0 Å². The standard InChI is InChI=1S/C11H14N2O3/c1-13(10(14)2-3-11(15)16)8-9-4-6-12-7-5-9/h4-7H,2-3,8H2,1H3,(H,15,16). The second-order valence-corrected chi connectivity index (χ2v) is 3.50. The van der Waals surface area contributed by atoms with Crippen molar-refractivity contribution in [2.75, 3.05) is 7.05 Å². The van der Waals surface area contributed by atoms with Gasteiger partial charge in [0.1, 0.15) is 0 Å². The van der Waals surface area contributed by atoms with E-state index in [1.807, 2.05) is 12.1 Å². The van der Waals surface area contributed by atoms with E-state index in [0.717, 1.165) is 5.56 Å². The van der Waals surface area contributed by atoms with Crippen LogP contribution in [0.25, 0.3) is 0 Å². The van der Waals surface area contributed by atoms with E-state index in [4.69, 9.17) is 5.11 Å². The number of pyridine rings is 1. The van der Waals surface area contributed by atoms with Gasteiger partial charge in [-0.05, 0) is 17.7 Å². The molecule has 0 saturated heterocycles. The molecule has 1 rings (SSSR count). The fourth-order valence-corrected chi connectivity index (χ4v) is 1.25. The van der Waals surface area contributed by atoms with E-state index in [-0.39, 0.29) is 18.7 Å². The first-order chi connectivity index (χ1) is 7.59. The van der Waals surface area contributed by atoms with E-state index in [1.54, 1.807) is 19.4 Å². The lowest BCUT2D eigenvalue weighted by Gasteiger charge is -2.16. The van der Waals surface area contributed by atoms with Crippen molar-refractivity contribution >= 4 is 11.9 Å². The third kappa shape index (κ3) is 4.08. The normalized spacial score (nSPS) is 9.81. The molecule has 0 fully saturated rings. The summed E-state index contributed by atoms with van der Waals surface area (Å²) >= 11 is 0. The minimum Gasteiger partial charge on any atom is -0.481 e. The van der Waals surface area contributed by atoms with Gasteiger partial charge in [-0.1, -0.05) is 0 Å². The van der Waals surface area contributed by atoms with Gasteiger partial charge in [0.25, 0.3) is 0 Å². The molecule has 86 valence electrons. The van der Waals surface area contributed by atoms with Crippen LogP contribution in [0.2, 0.25) is 0 Å². The Bertz CT molecular complexity index is 365. The van der Waals surface area contributed by atoms with Crippen LogP contribution in [0, 0.1) is 0 Å². The number of carbonyl (C=O) groups excluding carboxylic acids is 1. The summed E-state index contributed by atoms with van der Waals surface area (Å²) in [5, 5.41) is 8.45. The van der Waals surface area contributed by atoms with Crippen LogP contribution in [-0.2, 0) is 16.1 Å². The number of carboxylic acids is 1. The van der Waals surface area contributed by atoms with Gasteiger partial charge in [0.15, 0.2) is 0 Å². The summed E-state index contributed by atoms with van der Waals surface area (Å²) in [6, 6.07) is 3.64. The molecule has 1 heterocycles. The molecule has 0 aliphatic heterocycles. The summed E-state index contributed by atoms with van der Waals surface area (Å²) in [5.41, 5.74) is 0.973. The van der Waals surface area contributed by atoms with Gasteiger partial charge in [-0.2, -0.15) is 0 Å².